The van der Waals surface area contributed by atoms with Crippen molar-refractivity contribution < 1.29 is 14.3 Å². The maximum Gasteiger partial charge on any atom is 0.409 e. The molecular formula is C10H20N2O3. The third-order valence-corrected chi connectivity index (χ3v) is 1.59. The number of amides is 2. The molecule has 15 heavy (non-hydrogen) atoms. The lowest BCUT2D eigenvalue weighted by atomic mass is 10.1. The number of carbonyl (C=O) groups is 2. The van der Waals surface area contributed by atoms with E-state index in [4.69, 9.17) is 4.74 Å². The standard InChI is InChI=1S/C10H20N2O3/c1-7(2)8(11-6-13)12-9(14)15-10(3,4)5/h6-8H,1-5H3,(H,11,13)(H,12,14)/t8-/m0/s1. The van der Waals surface area contributed by atoms with Gasteiger partial charge in [-0.15, -0.1) is 0 Å². The first-order chi connectivity index (χ1) is 6.76. The SMILES string of the molecule is CC(C)[C@@H](NC=O)NC(=O)OC(C)(C)C. The Morgan fingerprint density at radius 1 is 1.33 bits per heavy atom. The second-order valence-corrected chi connectivity index (χ2v) is 4.65. The number of hydrogen-bond acceptors (Lipinski definition) is 3. The molecule has 0 saturated carbocycles. The van der Waals surface area contributed by atoms with E-state index >= 15 is 0 Å². The van der Waals surface area contributed by atoms with Gasteiger partial charge in [-0.1, -0.05) is 13.8 Å². The molecule has 0 aliphatic rings. The minimum absolute atomic E-state index is 0.0997. The Morgan fingerprint density at radius 3 is 2.20 bits per heavy atom. The molecule has 5 heteroatoms. The second kappa shape index (κ2) is 5.58. The van der Waals surface area contributed by atoms with E-state index in [1.165, 1.54) is 0 Å². The number of ether oxygens (including phenoxy) is 1. The van der Waals surface area contributed by atoms with Gasteiger partial charge in [0.15, 0.2) is 0 Å². The minimum atomic E-state index is -0.535. The summed E-state index contributed by atoms with van der Waals surface area (Å²) >= 11 is 0. The molecule has 88 valence electrons. The molecule has 0 aromatic heterocycles. The molecule has 0 radical (unpaired) electrons. The van der Waals surface area contributed by atoms with Crippen molar-refractivity contribution in [3.05, 3.63) is 0 Å². The molecule has 0 heterocycles. The average Bonchev–Trinajstić information content (AvgIpc) is 1.99. The molecular weight excluding hydrogens is 196 g/mol. The number of hydrogen-bond donors (Lipinski definition) is 2. The van der Waals surface area contributed by atoms with E-state index in [0.29, 0.717) is 6.41 Å². The Kier molecular flexibility index (Phi) is 5.11. The zero-order chi connectivity index (χ0) is 12.1. The predicted molar refractivity (Wildman–Crippen MR) is 57.2 cm³/mol. The third-order valence-electron chi connectivity index (χ3n) is 1.59. The maximum atomic E-state index is 11.4. The molecule has 0 unspecified atom stereocenters. The Morgan fingerprint density at radius 2 is 1.87 bits per heavy atom. The molecule has 0 fully saturated rings. The van der Waals surface area contributed by atoms with Crippen LogP contribution in [0.4, 0.5) is 4.79 Å². The van der Waals surface area contributed by atoms with Crippen molar-refractivity contribution in [3.63, 3.8) is 0 Å². The molecule has 0 spiro atoms. The Balaban J connectivity index is 4.17. The van der Waals surface area contributed by atoms with Crippen LogP contribution in [0.15, 0.2) is 0 Å². The van der Waals surface area contributed by atoms with Gasteiger partial charge in [0.1, 0.15) is 11.8 Å². The van der Waals surface area contributed by atoms with Crippen molar-refractivity contribution in [2.75, 3.05) is 0 Å². The van der Waals surface area contributed by atoms with Crippen molar-refractivity contribution in [2.45, 2.75) is 46.4 Å². The summed E-state index contributed by atoms with van der Waals surface area (Å²) in [4.78, 5) is 21.6. The fraction of sp³-hybridized carbons (Fsp3) is 0.800. The van der Waals surface area contributed by atoms with Crippen molar-refractivity contribution in [1.29, 1.82) is 0 Å². The van der Waals surface area contributed by atoms with Gasteiger partial charge in [-0.05, 0) is 26.7 Å². The molecule has 2 amide bonds. The molecule has 5 nitrogen and oxygen atoms in total. The lowest BCUT2D eigenvalue weighted by molar-refractivity contribution is -0.110. The van der Waals surface area contributed by atoms with Gasteiger partial charge < -0.3 is 15.4 Å². The summed E-state index contributed by atoms with van der Waals surface area (Å²) < 4.78 is 5.06. The van der Waals surface area contributed by atoms with E-state index in [0.717, 1.165) is 0 Å². The van der Waals surface area contributed by atoms with Crippen LogP contribution in [0.3, 0.4) is 0 Å². The van der Waals surface area contributed by atoms with Crippen LogP contribution in [0, 0.1) is 5.92 Å². The number of nitrogens with one attached hydrogen (secondary N) is 2. The Hall–Kier alpha value is -1.26. The highest BCUT2D eigenvalue weighted by molar-refractivity contribution is 5.68. The van der Waals surface area contributed by atoms with Gasteiger partial charge in [0.25, 0.3) is 0 Å². The van der Waals surface area contributed by atoms with Gasteiger partial charge in [0, 0.05) is 0 Å². The van der Waals surface area contributed by atoms with Crippen LogP contribution in [-0.2, 0) is 9.53 Å². The zero-order valence-corrected chi connectivity index (χ0v) is 9.96. The topological polar surface area (TPSA) is 67.4 Å². The summed E-state index contributed by atoms with van der Waals surface area (Å²) in [5, 5.41) is 5.08. The highest BCUT2D eigenvalue weighted by atomic mass is 16.6. The van der Waals surface area contributed by atoms with Crippen LogP contribution in [0.25, 0.3) is 0 Å². The van der Waals surface area contributed by atoms with Crippen molar-refractivity contribution >= 4 is 12.5 Å². The molecule has 0 aliphatic carbocycles. The van der Waals surface area contributed by atoms with Crippen LogP contribution in [0.5, 0.6) is 0 Å². The van der Waals surface area contributed by atoms with Crippen LogP contribution < -0.4 is 10.6 Å². The fourth-order valence-electron chi connectivity index (χ4n) is 0.909. The van der Waals surface area contributed by atoms with Gasteiger partial charge in [-0.25, -0.2) is 4.79 Å². The van der Waals surface area contributed by atoms with E-state index in [1.807, 2.05) is 13.8 Å². The molecule has 0 aromatic rings. The van der Waals surface area contributed by atoms with Gasteiger partial charge in [-0.3, -0.25) is 4.79 Å². The summed E-state index contributed by atoms with van der Waals surface area (Å²) in [6.07, 6.45) is -0.380. The lowest BCUT2D eigenvalue weighted by Crippen LogP contribution is -2.49. The van der Waals surface area contributed by atoms with Crippen LogP contribution >= 0.6 is 0 Å². The Labute approximate surface area is 90.6 Å². The van der Waals surface area contributed by atoms with Crippen LogP contribution in [0.2, 0.25) is 0 Å². The van der Waals surface area contributed by atoms with Gasteiger partial charge in [-0.2, -0.15) is 0 Å². The number of rotatable bonds is 4. The fourth-order valence-corrected chi connectivity index (χ4v) is 0.909. The summed E-state index contributed by atoms with van der Waals surface area (Å²) in [5.74, 6) is 0.0997. The third kappa shape index (κ3) is 6.76. The summed E-state index contributed by atoms with van der Waals surface area (Å²) in [7, 11) is 0. The molecule has 2 N–H and O–H groups in total. The van der Waals surface area contributed by atoms with E-state index in [-0.39, 0.29) is 5.92 Å². The van der Waals surface area contributed by atoms with E-state index in [1.54, 1.807) is 20.8 Å². The van der Waals surface area contributed by atoms with Crippen molar-refractivity contribution in [1.82, 2.24) is 10.6 Å². The van der Waals surface area contributed by atoms with E-state index < -0.39 is 17.9 Å². The first-order valence-electron chi connectivity index (χ1n) is 4.95. The summed E-state index contributed by atoms with van der Waals surface area (Å²) in [6, 6.07) is 0. The Bertz CT molecular complexity index is 221. The van der Waals surface area contributed by atoms with Gasteiger partial charge >= 0.3 is 6.09 Å². The smallest absolute Gasteiger partial charge is 0.409 e. The van der Waals surface area contributed by atoms with Crippen LogP contribution in [-0.4, -0.2) is 24.3 Å². The van der Waals surface area contributed by atoms with Gasteiger partial charge in [0.05, 0.1) is 0 Å². The zero-order valence-electron chi connectivity index (χ0n) is 9.96. The average molecular weight is 216 g/mol. The number of alkyl carbamates (subject to hydrolysis) is 1. The lowest BCUT2D eigenvalue weighted by Gasteiger charge is -2.25. The monoisotopic (exact) mass is 216 g/mol. The molecule has 1 atom stereocenters. The normalized spacial score (nSPS) is 13.2. The largest absolute Gasteiger partial charge is 0.444 e. The summed E-state index contributed by atoms with van der Waals surface area (Å²) in [5.41, 5.74) is -0.535. The quantitative estimate of drug-likeness (QED) is 0.549. The second-order valence-electron chi connectivity index (χ2n) is 4.65. The molecule has 0 bridgehead atoms. The van der Waals surface area contributed by atoms with Crippen LogP contribution in [0.1, 0.15) is 34.6 Å². The van der Waals surface area contributed by atoms with Crippen molar-refractivity contribution in [2.24, 2.45) is 5.92 Å². The van der Waals surface area contributed by atoms with E-state index in [2.05, 4.69) is 10.6 Å². The predicted octanol–water partition coefficient (Wildman–Crippen LogP) is 1.24. The molecule has 0 aromatic carbocycles. The number of carbonyl (C=O) groups excluding carboxylic acids is 2. The molecule has 0 rings (SSSR count). The minimum Gasteiger partial charge on any atom is -0.444 e. The first kappa shape index (κ1) is 13.7. The summed E-state index contributed by atoms with van der Waals surface area (Å²) in [6.45, 7) is 9.12. The first-order valence-corrected chi connectivity index (χ1v) is 4.95. The molecule has 0 saturated heterocycles. The molecule has 0 aliphatic heterocycles. The maximum absolute atomic E-state index is 11.4. The van der Waals surface area contributed by atoms with Gasteiger partial charge in [0.2, 0.25) is 6.41 Å². The van der Waals surface area contributed by atoms with E-state index in [9.17, 15) is 9.59 Å². The highest BCUT2D eigenvalue weighted by Crippen LogP contribution is 2.07. The van der Waals surface area contributed by atoms with Crippen molar-refractivity contribution in [3.8, 4) is 0 Å². The highest BCUT2D eigenvalue weighted by Gasteiger charge is 2.20.